The predicted molar refractivity (Wildman–Crippen MR) is 83.7 cm³/mol. The Morgan fingerprint density at radius 1 is 1.30 bits per heavy atom. The van der Waals surface area contributed by atoms with Gasteiger partial charge in [-0.05, 0) is 11.6 Å². The molecule has 1 amide bonds. The van der Waals surface area contributed by atoms with Crippen LogP contribution in [0.3, 0.4) is 0 Å². The van der Waals surface area contributed by atoms with Crippen molar-refractivity contribution in [3.63, 3.8) is 0 Å². The lowest BCUT2D eigenvalue weighted by Crippen LogP contribution is -2.31. The molecule has 1 N–H and O–H groups in total. The van der Waals surface area contributed by atoms with Crippen LogP contribution >= 0.6 is 0 Å². The quantitative estimate of drug-likeness (QED) is 0.921. The number of hydrogen-bond acceptors (Lipinski definition) is 4. The van der Waals surface area contributed by atoms with Crippen LogP contribution in [-0.4, -0.2) is 28.7 Å². The Hall–Kier alpha value is -2.63. The molecule has 1 aromatic heterocycles. The monoisotopic (exact) mass is 314 g/mol. The summed E-state index contributed by atoms with van der Waals surface area (Å²) in [4.78, 5) is 25.6. The van der Waals surface area contributed by atoms with Crippen LogP contribution in [0.5, 0.6) is 0 Å². The van der Waals surface area contributed by atoms with Crippen molar-refractivity contribution in [2.24, 2.45) is 0 Å². The van der Waals surface area contributed by atoms with Crippen LogP contribution in [0.15, 0.2) is 34.9 Å². The van der Waals surface area contributed by atoms with Crippen molar-refractivity contribution in [2.75, 3.05) is 11.4 Å². The summed E-state index contributed by atoms with van der Waals surface area (Å²) in [5.74, 6) is -1.39. The molecule has 0 fully saturated rings. The Kier molecular flexibility index (Phi) is 3.47. The number of aromatic nitrogens is 1. The molecule has 2 aromatic rings. The number of hydrogen-bond donors (Lipinski definition) is 1. The van der Waals surface area contributed by atoms with Crippen LogP contribution in [0.1, 0.15) is 48.5 Å². The minimum absolute atomic E-state index is 0.102. The zero-order valence-corrected chi connectivity index (χ0v) is 13.2. The van der Waals surface area contributed by atoms with Crippen LogP contribution in [0.25, 0.3) is 0 Å². The molecule has 2 heterocycles. The van der Waals surface area contributed by atoms with Crippen LogP contribution in [0.4, 0.5) is 5.69 Å². The SMILES string of the molecule is CC(C)(C)c1cc(C(=O)N2CC(C(=O)O)c3ccccc32)no1. The third kappa shape index (κ3) is 2.60. The standard InChI is InChI=1S/C17H18N2O4/c1-17(2,3)14-8-12(18-23-14)15(20)19-9-11(16(21)22)10-6-4-5-7-13(10)19/h4-8,11H,9H2,1-3H3,(H,21,22). The number of anilines is 1. The molecule has 1 aromatic carbocycles. The molecule has 1 atom stereocenters. The summed E-state index contributed by atoms with van der Waals surface area (Å²) in [6, 6.07) is 8.67. The molecule has 0 saturated heterocycles. The van der Waals surface area contributed by atoms with Crippen molar-refractivity contribution >= 4 is 17.6 Å². The van der Waals surface area contributed by atoms with Gasteiger partial charge in [-0.2, -0.15) is 0 Å². The van der Waals surface area contributed by atoms with Gasteiger partial charge < -0.3 is 14.5 Å². The second-order valence-corrected chi connectivity index (χ2v) is 6.69. The molecule has 0 bridgehead atoms. The van der Waals surface area contributed by atoms with E-state index in [1.54, 1.807) is 30.3 Å². The average Bonchev–Trinajstić information content (AvgIpc) is 3.11. The van der Waals surface area contributed by atoms with Crippen molar-refractivity contribution in [3.8, 4) is 0 Å². The number of carbonyl (C=O) groups is 2. The van der Waals surface area contributed by atoms with Crippen molar-refractivity contribution in [1.29, 1.82) is 0 Å². The highest BCUT2D eigenvalue weighted by molar-refractivity contribution is 6.07. The first-order valence-electron chi connectivity index (χ1n) is 7.40. The lowest BCUT2D eigenvalue weighted by molar-refractivity contribution is -0.138. The van der Waals surface area contributed by atoms with Crippen LogP contribution < -0.4 is 4.90 Å². The van der Waals surface area contributed by atoms with Crippen molar-refractivity contribution in [1.82, 2.24) is 5.16 Å². The molecule has 0 aliphatic carbocycles. The second-order valence-electron chi connectivity index (χ2n) is 6.69. The number of rotatable bonds is 2. The first-order chi connectivity index (χ1) is 10.8. The fourth-order valence-electron chi connectivity index (χ4n) is 2.68. The summed E-state index contributed by atoms with van der Waals surface area (Å²) in [5, 5.41) is 13.2. The van der Waals surface area contributed by atoms with Crippen LogP contribution in [0.2, 0.25) is 0 Å². The highest BCUT2D eigenvalue weighted by atomic mass is 16.5. The molecule has 1 unspecified atom stereocenters. The van der Waals surface area contributed by atoms with E-state index in [2.05, 4.69) is 5.16 Å². The summed E-state index contributed by atoms with van der Waals surface area (Å²) < 4.78 is 5.26. The number of aliphatic carboxylic acids is 1. The topological polar surface area (TPSA) is 83.6 Å². The van der Waals surface area contributed by atoms with E-state index in [9.17, 15) is 14.7 Å². The van der Waals surface area contributed by atoms with E-state index in [1.807, 2.05) is 20.8 Å². The van der Waals surface area contributed by atoms with Gasteiger partial charge in [0.1, 0.15) is 11.7 Å². The average molecular weight is 314 g/mol. The molecular formula is C17H18N2O4. The summed E-state index contributed by atoms with van der Waals surface area (Å²) in [6.45, 7) is 6.00. The van der Waals surface area contributed by atoms with Crippen LogP contribution in [0, 0.1) is 0 Å². The Bertz CT molecular complexity index is 773. The van der Waals surface area contributed by atoms with Gasteiger partial charge >= 0.3 is 5.97 Å². The van der Waals surface area contributed by atoms with Gasteiger partial charge in [-0.15, -0.1) is 0 Å². The van der Waals surface area contributed by atoms with Gasteiger partial charge in [-0.25, -0.2) is 0 Å². The molecule has 6 nitrogen and oxygen atoms in total. The molecule has 23 heavy (non-hydrogen) atoms. The van der Waals surface area contributed by atoms with E-state index in [0.717, 1.165) is 0 Å². The fourth-order valence-corrected chi connectivity index (χ4v) is 2.68. The van der Waals surface area contributed by atoms with E-state index in [0.29, 0.717) is 17.0 Å². The van der Waals surface area contributed by atoms with Crippen molar-refractivity contribution in [3.05, 3.63) is 47.3 Å². The van der Waals surface area contributed by atoms with Gasteiger partial charge in [0.15, 0.2) is 5.69 Å². The normalized spacial score (nSPS) is 17.2. The molecular weight excluding hydrogens is 296 g/mol. The summed E-state index contributed by atoms with van der Waals surface area (Å²) in [6.07, 6.45) is 0. The number of carboxylic acid groups (broad SMARTS) is 1. The molecule has 0 spiro atoms. The van der Waals surface area contributed by atoms with E-state index >= 15 is 0 Å². The molecule has 6 heteroatoms. The van der Waals surface area contributed by atoms with Gasteiger partial charge in [0.2, 0.25) is 0 Å². The van der Waals surface area contributed by atoms with Crippen LogP contribution in [-0.2, 0) is 10.2 Å². The number of nitrogens with zero attached hydrogens (tertiary/aromatic N) is 2. The van der Waals surface area contributed by atoms with E-state index in [-0.39, 0.29) is 23.6 Å². The third-order valence-corrected chi connectivity index (χ3v) is 3.98. The summed E-state index contributed by atoms with van der Waals surface area (Å²) in [7, 11) is 0. The molecule has 3 rings (SSSR count). The number of para-hydroxylation sites is 1. The van der Waals surface area contributed by atoms with Gasteiger partial charge in [0.05, 0.1) is 0 Å². The molecule has 120 valence electrons. The summed E-state index contributed by atoms with van der Waals surface area (Å²) in [5.41, 5.74) is 1.20. The van der Waals surface area contributed by atoms with Crippen molar-refractivity contribution in [2.45, 2.75) is 32.1 Å². The molecule has 0 saturated carbocycles. The zero-order valence-electron chi connectivity index (χ0n) is 13.2. The van der Waals surface area contributed by atoms with E-state index in [1.165, 1.54) is 4.90 Å². The number of benzene rings is 1. The van der Waals surface area contributed by atoms with Gasteiger partial charge in [0, 0.05) is 23.7 Å². The maximum Gasteiger partial charge on any atom is 0.312 e. The highest BCUT2D eigenvalue weighted by Crippen LogP contribution is 2.37. The lowest BCUT2D eigenvalue weighted by Gasteiger charge is -2.15. The minimum atomic E-state index is -0.941. The Morgan fingerprint density at radius 3 is 2.61 bits per heavy atom. The predicted octanol–water partition coefficient (Wildman–Crippen LogP) is 2.80. The number of carboxylic acids is 1. The summed E-state index contributed by atoms with van der Waals surface area (Å²) >= 11 is 0. The highest BCUT2D eigenvalue weighted by Gasteiger charge is 2.37. The Balaban J connectivity index is 1.95. The maximum absolute atomic E-state index is 12.7. The second kappa shape index (κ2) is 5.22. The Labute approximate surface area is 133 Å². The largest absolute Gasteiger partial charge is 0.481 e. The number of fused-ring (bicyclic) bond motifs is 1. The fraction of sp³-hybridized carbons (Fsp3) is 0.353. The molecule has 1 aliphatic heterocycles. The maximum atomic E-state index is 12.7. The molecule has 1 aliphatic rings. The van der Waals surface area contributed by atoms with Gasteiger partial charge in [-0.1, -0.05) is 44.1 Å². The third-order valence-electron chi connectivity index (χ3n) is 3.98. The van der Waals surface area contributed by atoms with Gasteiger partial charge in [-0.3, -0.25) is 9.59 Å². The number of carbonyl (C=O) groups excluding carboxylic acids is 1. The Morgan fingerprint density at radius 2 is 2.00 bits per heavy atom. The first-order valence-corrected chi connectivity index (χ1v) is 7.40. The first kappa shape index (κ1) is 15.3. The van der Waals surface area contributed by atoms with E-state index < -0.39 is 11.9 Å². The minimum Gasteiger partial charge on any atom is -0.481 e. The smallest absolute Gasteiger partial charge is 0.312 e. The lowest BCUT2D eigenvalue weighted by atomic mass is 9.93. The van der Waals surface area contributed by atoms with Gasteiger partial charge in [0.25, 0.3) is 5.91 Å². The molecule has 0 radical (unpaired) electrons. The zero-order chi connectivity index (χ0) is 16.8. The number of amides is 1. The van der Waals surface area contributed by atoms with E-state index in [4.69, 9.17) is 4.52 Å². The van der Waals surface area contributed by atoms with Crippen molar-refractivity contribution < 1.29 is 19.2 Å².